The summed E-state index contributed by atoms with van der Waals surface area (Å²) in [5, 5.41) is 9.70. The third-order valence-electron chi connectivity index (χ3n) is 2.71. The first-order chi connectivity index (χ1) is 9.47. The molecule has 1 rings (SSSR count). The molecule has 1 aromatic rings. The molecule has 0 bridgehead atoms. The SMILES string of the molecule is COC(=O)/C=C/c1cc(C[C@H]([NH3+])C(=O)OC)ccc1O.[Ac]. The van der Waals surface area contributed by atoms with E-state index in [0.717, 1.165) is 5.56 Å². The summed E-state index contributed by atoms with van der Waals surface area (Å²) in [5.74, 6) is -0.878. The Morgan fingerprint density at radius 1 is 1.33 bits per heavy atom. The second kappa shape index (κ2) is 9.93. The number of benzene rings is 1. The molecule has 1 radical (unpaired) electrons. The average Bonchev–Trinajstić information content (AvgIpc) is 2.46. The monoisotopic (exact) mass is 507 g/mol. The minimum Gasteiger partial charge on any atom is -0.507 e. The standard InChI is InChI=1S/C14H17NO5.Ac/c1-19-13(17)6-4-10-7-9(3-5-12(10)16)8-11(15)14(18)20-2;/h3-7,11,16H,8,15H2,1-2H3;/p+1/b6-4+;/t11-;/m0./s1. The Labute approximate surface area is 158 Å². The summed E-state index contributed by atoms with van der Waals surface area (Å²) in [4.78, 5) is 22.3. The van der Waals surface area contributed by atoms with Gasteiger partial charge in [0.15, 0.2) is 6.04 Å². The normalized spacial score (nSPS) is 11.6. The smallest absolute Gasteiger partial charge is 0.364 e. The molecule has 0 amide bonds. The molecule has 0 unspecified atom stereocenters. The molecule has 1 aromatic carbocycles. The van der Waals surface area contributed by atoms with Crippen LogP contribution in [0.15, 0.2) is 24.3 Å². The van der Waals surface area contributed by atoms with Crippen molar-refractivity contribution in [2.24, 2.45) is 0 Å². The summed E-state index contributed by atoms with van der Waals surface area (Å²) < 4.78 is 9.08. The van der Waals surface area contributed by atoms with E-state index in [1.165, 1.54) is 32.4 Å². The van der Waals surface area contributed by atoms with Gasteiger partial charge in [-0.2, -0.15) is 0 Å². The maximum atomic E-state index is 11.3. The Morgan fingerprint density at radius 2 is 2.00 bits per heavy atom. The topological polar surface area (TPSA) is 100 Å². The first-order valence-electron chi connectivity index (χ1n) is 5.96. The van der Waals surface area contributed by atoms with Crippen molar-refractivity contribution in [1.29, 1.82) is 0 Å². The molecule has 21 heavy (non-hydrogen) atoms. The minimum atomic E-state index is -0.526. The summed E-state index contributed by atoms with van der Waals surface area (Å²) in [7, 11) is 2.58. The summed E-state index contributed by atoms with van der Waals surface area (Å²) >= 11 is 0. The number of ether oxygens (including phenoxy) is 2. The van der Waals surface area contributed by atoms with Crippen molar-refractivity contribution in [2.75, 3.05) is 14.2 Å². The first kappa shape index (κ1) is 20.1. The Balaban J connectivity index is 0.00000400. The van der Waals surface area contributed by atoms with Gasteiger partial charge < -0.3 is 20.3 Å². The number of aromatic hydroxyl groups is 1. The van der Waals surface area contributed by atoms with Gasteiger partial charge in [0.2, 0.25) is 0 Å². The van der Waals surface area contributed by atoms with Crippen LogP contribution in [0.4, 0.5) is 0 Å². The molecule has 0 spiro atoms. The van der Waals surface area contributed by atoms with Gasteiger partial charge in [0.1, 0.15) is 5.75 Å². The van der Waals surface area contributed by atoms with E-state index in [2.05, 4.69) is 15.2 Å². The van der Waals surface area contributed by atoms with Crippen LogP contribution in [0, 0.1) is 44.1 Å². The quantitative estimate of drug-likeness (QED) is 0.429. The molecule has 0 saturated carbocycles. The van der Waals surface area contributed by atoms with E-state index in [0.29, 0.717) is 12.0 Å². The second-order valence-electron chi connectivity index (χ2n) is 4.17. The molecular weight excluding hydrogens is 489 g/mol. The number of hydrogen-bond acceptors (Lipinski definition) is 5. The van der Waals surface area contributed by atoms with Crippen LogP contribution in [0.2, 0.25) is 0 Å². The van der Waals surface area contributed by atoms with E-state index in [-0.39, 0.29) is 49.8 Å². The molecule has 0 aromatic heterocycles. The van der Waals surface area contributed by atoms with Crippen LogP contribution in [0.1, 0.15) is 11.1 Å². The largest absolute Gasteiger partial charge is 0.507 e. The summed E-state index contributed by atoms with van der Waals surface area (Å²) in [5.41, 5.74) is 4.98. The molecule has 1 atom stereocenters. The number of quaternary nitrogens is 1. The van der Waals surface area contributed by atoms with E-state index in [1.54, 1.807) is 12.1 Å². The van der Waals surface area contributed by atoms with Gasteiger partial charge in [-0.05, 0) is 23.8 Å². The van der Waals surface area contributed by atoms with Gasteiger partial charge >= 0.3 is 11.9 Å². The van der Waals surface area contributed by atoms with Crippen LogP contribution >= 0.6 is 0 Å². The van der Waals surface area contributed by atoms with Gasteiger partial charge in [-0.15, -0.1) is 0 Å². The van der Waals surface area contributed by atoms with Crippen LogP contribution in [-0.4, -0.2) is 37.3 Å². The fourth-order valence-corrected chi connectivity index (χ4v) is 1.62. The van der Waals surface area contributed by atoms with Crippen molar-refractivity contribution in [3.8, 4) is 5.75 Å². The van der Waals surface area contributed by atoms with Gasteiger partial charge in [-0.1, -0.05) is 6.07 Å². The Morgan fingerprint density at radius 3 is 2.57 bits per heavy atom. The van der Waals surface area contributed by atoms with Crippen molar-refractivity contribution in [3.05, 3.63) is 35.4 Å². The first-order valence-corrected chi connectivity index (χ1v) is 5.96. The molecule has 0 saturated heterocycles. The Bertz CT molecular complexity index is 530. The van der Waals surface area contributed by atoms with Gasteiger partial charge in [-0.3, -0.25) is 0 Å². The Kier molecular flexibility index (Phi) is 9.51. The van der Waals surface area contributed by atoms with Crippen molar-refractivity contribution >= 4 is 18.0 Å². The van der Waals surface area contributed by atoms with Gasteiger partial charge in [0, 0.05) is 62.1 Å². The molecule has 0 heterocycles. The van der Waals surface area contributed by atoms with Crippen LogP contribution in [0.5, 0.6) is 5.75 Å². The second-order valence-corrected chi connectivity index (χ2v) is 4.17. The number of carbonyl (C=O) groups is 2. The summed E-state index contributed by atoms with van der Waals surface area (Å²) in [6, 6.07) is 4.33. The zero-order chi connectivity index (χ0) is 15.1. The molecule has 0 aliphatic rings. The van der Waals surface area contributed by atoms with E-state index in [9.17, 15) is 14.7 Å². The zero-order valence-corrected chi connectivity index (χ0v) is 16.8. The van der Waals surface area contributed by atoms with Crippen LogP contribution in [0.3, 0.4) is 0 Å². The van der Waals surface area contributed by atoms with E-state index in [4.69, 9.17) is 0 Å². The number of methoxy groups -OCH3 is 2. The fourth-order valence-electron chi connectivity index (χ4n) is 1.62. The summed E-state index contributed by atoms with van der Waals surface area (Å²) in [6.45, 7) is 0. The van der Waals surface area contributed by atoms with E-state index < -0.39 is 18.0 Å². The van der Waals surface area contributed by atoms with Crippen LogP contribution in [-0.2, 0) is 25.5 Å². The molecule has 0 aliphatic carbocycles. The average molecular weight is 507 g/mol. The van der Waals surface area contributed by atoms with E-state index >= 15 is 0 Å². The molecule has 0 fully saturated rings. The number of carbonyl (C=O) groups excluding carboxylic acids is 2. The molecule has 111 valence electrons. The molecular formula is C14H18AcNO5+. The van der Waals surface area contributed by atoms with Crippen LogP contribution < -0.4 is 5.73 Å². The number of phenolic OH excluding ortho intramolecular Hbond substituents is 1. The molecule has 6 nitrogen and oxygen atoms in total. The maximum absolute atomic E-state index is 11.3. The number of rotatable bonds is 5. The van der Waals surface area contributed by atoms with Crippen molar-refractivity contribution in [2.45, 2.75) is 12.5 Å². The molecule has 0 aliphatic heterocycles. The number of hydrogen-bond donors (Lipinski definition) is 2. The number of esters is 2. The van der Waals surface area contributed by atoms with Crippen LogP contribution in [0.25, 0.3) is 6.08 Å². The van der Waals surface area contributed by atoms with Gasteiger partial charge in [-0.25, -0.2) is 9.59 Å². The van der Waals surface area contributed by atoms with Crippen molar-refractivity contribution in [3.63, 3.8) is 0 Å². The van der Waals surface area contributed by atoms with Gasteiger partial charge in [0.05, 0.1) is 14.2 Å². The van der Waals surface area contributed by atoms with Crippen molar-refractivity contribution < 1.29 is 74.0 Å². The van der Waals surface area contributed by atoms with Crippen molar-refractivity contribution in [1.82, 2.24) is 0 Å². The van der Waals surface area contributed by atoms with Gasteiger partial charge in [0.25, 0.3) is 0 Å². The molecule has 4 N–H and O–H groups in total. The predicted octanol–water partition coefficient (Wildman–Crippen LogP) is -0.0956. The molecule has 7 heteroatoms. The summed E-state index contributed by atoms with van der Waals surface area (Å²) in [6.07, 6.45) is 3.04. The Hall–Kier alpha value is -0.898. The minimum absolute atomic E-state index is 0. The number of phenols is 1. The fraction of sp³-hybridized carbons (Fsp3) is 0.286. The third-order valence-corrected chi connectivity index (χ3v) is 2.71. The van der Waals surface area contributed by atoms with E-state index in [1.807, 2.05) is 0 Å². The maximum Gasteiger partial charge on any atom is 0.364 e. The third kappa shape index (κ3) is 6.60. The predicted molar refractivity (Wildman–Crippen MR) is 71.6 cm³/mol. The zero-order valence-electron chi connectivity index (χ0n) is 12.0.